The molecule has 2 N–H and O–H groups in total. The number of nitrogens with zero attached hydrogens (tertiary/aromatic N) is 2. The number of carbonyl (C=O) groups excluding carboxylic acids is 2. The summed E-state index contributed by atoms with van der Waals surface area (Å²) in [6.45, 7) is -0.468. The van der Waals surface area contributed by atoms with Crippen LogP contribution < -0.4 is 16.2 Å². The maximum absolute atomic E-state index is 13.5. The molecule has 1 aromatic heterocycles. The van der Waals surface area contributed by atoms with Gasteiger partial charge in [-0.05, 0) is 24.3 Å². The highest BCUT2D eigenvalue weighted by atomic mass is 19.2. The Kier molecular flexibility index (Phi) is 5.91. The minimum Gasteiger partial charge on any atom is -0.347 e. The summed E-state index contributed by atoms with van der Waals surface area (Å²) in [6.07, 6.45) is 1.23. The first kappa shape index (κ1) is 20.1. The quantitative estimate of drug-likeness (QED) is 0.615. The third-order valence-corrected chi connectivity index (χ3v) is 4.07. The minimum atomic E-state index is -1.71. The van der Waals surface area contributed by atoms with Crippen LogP contribution in [0.3, 0.4) is 0 Å². The van der Waals surface area contributed by atoms with Crippen LogP contribution in [0.15, 0.2) is 47.5 Å². The molecule has 10 heteroatoms. The maximum atomic E-state index is 13.5. The largest absolute Gasteiger partial charge is 0.347 e. The Morgan fingerprint density at radius 2 is 1.76 bits per heavy atom. The zero-order chi connectivity index (χ0) is 21.0. The first-order chi connectivity index (χ1) is 13.9. The van der Waals surface area contributed by atoms with E-state index >= 15 is 0 Å². The first-order valence-corrected chi connectivity index (χ1v) is 8.51. The summed E-state index contributed by atoms with van der Waals surface area (Å²) in [4.78, 5) is 40.1. The standard InChI is InChI=1S/C19H15F3N4O3/c20-12-5-6-14(18(22)17(12)21)25-16(28)9-23-15(27)7-8-26-10-24-13-4-2-1-3-11(13)19(26)29/h1-6,10H,7-9H2,(H,23,27)(H,25,28). The number of aryl methyl sites for hydroxylation is 1. The third-order valence-electron chi connectivity index (χ3n) is 4.07. The van der Waals surface area contributed by atoms with Gasteiger partial charge in [0.2, 0.25) is 11.8 Å². The zero-order valence-corrected chi connectivity index (χ0v) is 14.9. The normalized spacial score (nSPS) is 10.7. The number of para-hydroxylation sites is 1. The van der Waals surface area contributed by atoms with E-state index in [1.54, 1.807) is 24.3 Å². The van der Waals surface area contributed by atoms with Crippen LogP contribution in [0.5, 0.6) is 0 Å². The van der Waals surface area contributed by atoms with Crippen LogP contribution in [-0.2, 0) is 16.1 Å². The molecule has 150 valence electrons. The van der Waals surface area contributed by atoms with Gasteiger partial charge in [-0.2, -0.15) is 0 Å². The molecule has 0 atom stereocenters. The minimum absolute atomic E-state index is 0.0436. The molecular weight excluding hydrogens is 389 g/mol. The van der Waals surface area contributed by atoms with Crippen LogP contribution >= 0.6 is 0 Å². The summed E-state index contributed by atoms with van der Waals surface area (Å²) in [7, 11) is 0. The van der Waals surface area contributed by atoms with Gasteiger partial charge in [-0.15, -0.1) is 0 Å². The second-order valence-electron chi connectivity index (χ2n) is 6.06. The molecule has 2 aromatic carbocycles. The Morgan fingerprint density at radius 1 is 1.00 bits per heavy atom. The van der Waals surface area contributed by atoms with Gasteiger partial charge in [0.15, 0.2) is 17.5 Å². The average Bonchev–Trinajstić information content (AvgIpc) is 2.72. The van der Waals surface area contributed by atoms with Gasteiger partial charge in [0.05, 0.1) is 29.5 Å². The summed E-state index contributed by atoms with van der Waals surface area (Å²) in [6, 6.07) is 8.32. The van der Waals surface area contributed by atoms with Crippen LogP contribution in [-0.4, -0.2) is 27.9 Å². The van der Waals surface area contributed by atoms with Crippen LogP contribution in [0.25, 0.3) is 10.9 Å². The zero-order valence-electron chi connectivity index (χ0n) is 14.9. The van der Waals surface area contributed by atoms with Crippen molar-refractivity contribution in [2.45, 2.75) is 13.0 Å². The molecule has 0 spiro atoms. The number of hydrogen-bond donors (Lipinski definition) is 2. The molecule has 0 saturated heterocycles. The highest BCUT2D eigenvalue weighted by Gasteiger charge is 2.15. The Bertz CT molecular complexity index is 1150. The van der Waals surface area contributed by atoms with Gasteiger partial charge < -0.3 is 10.6 Å². The molecule has 3 aromatic rings. The van der Waals surface area contributed by atoms with E-state index in [0.717, 1.165) is 6.07 Å². The van der Waals surface area contributed by atoms with Gasteiger partial charge in [0, 0.05) is 13.0 Å². The van der Waals surface area contributed by atoms with Crippen molar-refractivity contribution in [3.8, 4) is 0 Å². The van der Waals surface area contributed by atoms with Crippen molar-refractivity contribution in [2.24, 2.45) is 0 Å². The third kappa shape index (κ3) is 4.60. The van der Waals surface area contributed by atoms with Gasteiger partial charge in [-0.3, -0.25) is 19.0 Å². The molecule has 1 heterocycles. The molecule has 0 aliphatic carbocycles. The van der Waals surface area contributed by atoms with Crippen LogP contribution in [0, 0.1) is 17.5 Å². The first-order valence-electron chi connectivity index (χ1n) is 8.51. The molecule has 0 radical (unpaired) electrons. The fourth-order valence-corrected chi connectivity index (χ4v) is 2.57. The summed E-state index contributed by atoms with van der Waals surface area (Å²) < 4.78 is 40.8. The number of fused-ring (bicyclic) bond motifs is 1. The summed E-state index contributed by atoms with van der Waals surface area (Å²) in [5.74, 6) is -5.99. The molecule has 7 nitrogen and oxygen atoms in total. The van der Waals surface area contributed by atoms with Gasteiger partial charge in [0.1, 0.15) is 0 Å². The topological polar surface area (TPSA) is 93.1 Å². The highest BCUT2D eigenvalue weighted by molar-refractivity contribution is 5.94. The van der Waals surface area contributed by atoms with Gasteiger partial charge in [0.25, 0.3) is 5.56 Å². The lowest BCUT2D eigenvalue weighted by Crippen LogP contribution is -2.34. The van der Waals surface area contributed by atoms with E-state index in [2.05, 4.69) is 10.3 Å². The Hall–Kier alpha value is -3.69. The van der Waals surface area contributed by atoms with Crippen molar-refractivity contribution >= 4 is 28.4 Å². The number of halogens is 3. The Labute approximate surface area is 162 Å². The van der Waals surface area contributed by atoms with Crippen LogP contribution in [0.1, 0.15) is 6.42 Å². The second-order valence-corrected chi connectivity index (χ2v) is 6.06. The molecule has 29 heavy (non-hydrogen) atoms. The van der Waals surface area contributed by atoms with Gasteiger partial charge in [-0.25, -0.2) is 18.2 Å². The predicted molar refractivity (Wildman–Crippen MR) is 98.6 cm³/mol. The number of carbonyl (C=O) groups is 2. The summed E-state index contributed by atoms with van der Waals surface area (Å²) >= 11 is 0. The lowest BCUT2D eigenvalue weighted by molar-refractivity contribution is -0.124. The SMILES string of the molecule is O=C(CCn1cnc2ccccc2c1=O)NCC(=O)Nc1ccc(F)c(F)c1F. The smallest absolute Gasteiger partial charge is 0.261 e. The number of nitrogens with one attached hydrogen (secondary N) is 2. The number of anilines is 1. The fraction of sp³-hybridized carbons (Fsp3) is 0.158. The van der Waals surface area contributed by atoms with Crippen molar-refractivity contribution in [3.63, 3.8) is 0 Å². The molecule has 0 saturated carbocycles. The van der Waals surface area contributed by atoms with E-state index < -0.39 is 41.5 Å². The molecule has 0 unspecified atom stereocenters. The van der Waals surface area contributed by atoms with Crippen molar-refractivity contribution in [2.75, 3.05) is 11.9 Å². The molecule has 2 amide bonds. The highest BCUT2D eigenvalue weighted by Crippen LogP contribution is 2.19. The lowest BCUT2D eigenvalue weighted by Gasteiger charge is -2.09. The van der Waals surface area contributed by atoms with Crippen molar-refractivity contribution < 1.29 is 22.8 Å². The number of aromatic nitrogens is 2. The number of rotatable bonds is 6. The van der Waals surface area contributed by atoms with E-state index in [1.807, 2.05) is 5.32 Å². The predicted octanol–water partition coefficient (Wildman–Crippen LogP) is 1.96. The Morgan fingerprint density at radius 3 is 2.55 bits per heavy atom. The second kappa shape index (κ2) is 8.55. The Balaban J connectivity index is 1.53. The monoisotopic (exact) mass is 404 g/mol. The average molecular weight is 404 g/mol. The molecule has 0 aliphatic heterocycles. The van der Waals surface area contributed by atoms with E-state index in [9.17, 15) is 27.6 Å². The van der Waals surface area contributed by atoms with Crippen molar-refractivity contribution in [3.05, 3.63) is 70.5 Å². The number of benzene rings is 2. The number of amides is 2. The van der Waals surface area contributed by atoms with Crippen LogP contribution in [0.4, 0.5) is 18.9 Å². The van der Waals surface area contributed by atoms with E-state index in [1.165, 1.54) is 10.9 Å². The van der Waals surface area contributed by atoms with E-state index in [0.29, 0.717) is 17.0 Å². The number of hydrogen-bond acceptors (Lipinski definition) is 4. The van der Waals surface area contributed by atoms with E-state index in [-0.39, 0.29) is 18.5 Å². The van der Waals surface area contributed by atoms with Crippen molar-refractivity contribution in [1.82, 2.24) is 14.9 Å². The molecule has 0 bridgehead atoms. The van der Waals surface area contributed by atoms with E-state index in [4.69, 9.17) is 0 Å². The van der Waals surface area contributed by atoms with Gasteiger partial charge in [-0.1, -0.05) is 12.1 Å². The van der Waals surface area contributed by atoms with Crippen molar-refractivity contribution in [1.29, 1.82) is 0 Å². The molecule has 0 aliphatic rings. The molecule has 0 fully saturated rings. The molecular formula is C19H15F3N4O3. The maximum Gasteiger partial charge on any atom is 0.261 e. The fourth-order valence-electron chi connectivity index (χ4n) is 2.57. The molecule has 3 rings (SSSR count). The lowest BCUT2D eigenvalue weighted by atomic mass is 10.2. The van der Waals surface area contributed by atoms with Crippen LogP contribution in [0.2, 0.25) is 0 Å². The van der Waals surface area contributed by atoms with Gasteiger partial charge >= 0.3 is 0 Å². The summed E-state index contributed by atoms with van der Waals surface area (Å²) in [5.41, 5.74) is -0.300. The summed E-state index contributed by atoms with van der Waals surface area (Å²) in [5, 5.41) is 4.75.